The predicted octanol–water partition coefficient (Wildman–Crippen LogP) is 6.61. The molecule has 184 valence electrons. The quantitative estimate of drug-likeness (QED) is 0.137. The Morgan fingerprint density at radius 1 is 0.645 bits per heavy atom. The molecule has 4 nitrogen and oxygen atoms in total. The number of alkyl halides is 7. The minimum atomic E-state index is -6.48. The van der Waals surface area contributed by atoms with Gasteiger partial charge in [0.1, 0.15) is 0 Å². The highest BCUT2D eigenvalue weighted by atomic mass is 19.4. The number of rotatable bonds is 17. The molecule has 0 aliphatic rings. The molecule has 0 radical (unpaired) electrons. The van der Waals surface area contributed by atoms with Gasteiger partial charge in [-0.05, 0) is 12.8 Å². The van der Waals surface area contributed by atoms with E-state index in [1.807, 2.05) is 0 Å². The molecule has 0 bridgehead atoms. The lowest BCUT2D eigenvalue weighted by atomic mass is 10.1. The van der Waals surface area contributed by atoms with E-state index in [9.17, 15) is 40.3 Å². The first kappa shape index (κ1) is 29.5. The Kier molecular flexibility index (Phi) is 13.8. The molecular weight excluding hydrogens is 437 g/mol. The van der Waals surface area contributed by atoms with Crippen molar-refractivity contribution in [1.29, 1.82) is 0 Å². The molecule has 0 aromatic rings. The van der Waals surface area contributed by atoms with Gasteiger partial charge in [0.25, 0.3) is 0 Å². The van der Waals surface area contributed by atoms with Gasteiger partial charge in [-0.1, -0.05) is 58.3 Å². The fourth-order valence-electron chi connectivity index (χ4n) is 2.59. The van der Waals surface area contributed by atoms with Crippen molar-refractivity contribution in [3.05, 3.63) is 0 Å². The van der Waals surface area contributed by atoms with Gasteiger partial charge in [-0.15, -0.1) is 0 Å². The van der Waals surface area contributed by atoms with Crippen LogP contribution in [0.25, 0.3) is 0 Å². The molecular formula is C20H31F7O4. The molecule has 0 saturated carbocycles. The van der Waals surface area contributed by atoms with Crippen LogP contribution < -0.4 is 0 Å². The molecule has 0 fully saturated rings. The molecule has 0 unspecified atom stereocenters. The third kappa shape index (κ3) is 12.2. The van der Waals surface area contributed by atoms with Crippen LogP contribution >= 0.6 is 0 Å². The summed E-state index contributed by atoms with van der Waals surface area (Å²) in [5.41, 5.74) is 0. The van der Waals surface area contributed by atoms with E-state index in [4.69, 9.17) is 4.74 Å². The molecule has 0 saturated heterocycles. The molecule has 0 rings (SSSR count). The summed E-state index contributed by atoms with van der Waals surface area (Å²) in [6.07, 6.45) is 2.34. The SMILES string of the molecule is CCCCCCCCCCCOC(=O)CCCC(=O)OCC(F)(F)C(F)(F)C(F)(F)F. The standard InChI is InChI=1S/C20H31F7O4/c1-2-3-4-5-6-7-8-9-10-14-30-16(28)12-11-13-17(29)31-15-18(21,22)19(23,24)20(25,26)27/h2-15H2,1H3. The maximum atomic E-state index is 13.0. The summed E-state index contributed by atoms with van der Waals surface area (Å²) >= 11 is 0. The predicted molar refractivity (Wildman–Crippen MR) is 98.9 cm³/mol. The van der Waals surface area contributed by atoms with Gasteiger partial charge in [0.15, 0.2) is 6.61 Å². The van der Waals surface area contributed by atoms with Crippen LogP contribution in [-0.2, 0) is 19.1 Å². The van der Waals surface area contributed by atoms with Crippen molar-refractivity contribution in [1.82, 2.24) is 0 Å². The van der Waals surface area contributed by atoms with Gasteiger partial charge >= 0.3 is 30.0 Å². The maximum absolute atomic E-state index is 13.0. The van der Waals surface area contributed by atoms with Crippen molar-refractivity contribution >= 4 is 11.9 Å². The second-order valence-corrected chi connectivity index (χ2v) is 7.34. The third-order valence-electron chi connectivity index (χ3n) is 4.50. The van der Waals surface area contributed by atoms with E-state index in [1.54, 1.807) is 0 Å². The summed E-state index contributed by atoms with van der Waals surface area (Å²) in [7, 11) is 0. The Labute approximate surface area is 177 Å². The molecule has 0 heterocycles. The van der Waals surface area contributed by atoms with E-state index in [-0.39, 0.29) is 19.4 Å². The average molecular weight is 468 g/mol. The molecule has 0 spiro atoms. The van der Waals surface area contributed by atoms with Crippen molar-refractivity contribution in [2.45, 2.75) is 102 Å². The van der Waals surface area contributed by atoms with Gasteiger partial charge < -0.3 is 9.47 Å². The zero-order valence-corrected chi connectivity index (χ0v) is 17.7. The highest BCUT2D eigenvalue weighted by Crippen LogP contribution is 2.46. The molecule has 0 aromatic heterocycles. The van der Waals surface area contributed by atoms with E-state index >= 15 is 0 Å². The second kappa shape index (κ2) is 14.5. The van der Waals surface area contributed by atoms with Crippen LogP contribution in [0.4, 0.5) is 30.7 Å². The van der Waals surface area contributed by atoms with Crippen LogP contribution in [0.5, 0.6) is 0 Å². The second-order valence-electron chi connectivity index (χ2n) is 7.34. The number of carbonyl (C=O) groups excluding carboxylic acids is 2. The van der Waals surface area contributed by atoms with Crippen molar-refractivity contribution in [2.24, 2.45) is 0 Å². The number of hydrogen-bond donors (Lipinski definition) is 0. The lowest BCUT2D eigenvalue weighted by Gasteiger charge is -2.27. The van der Waals surface area contributed by atoms with E-state index in [1.165, 1.54) is 32.1 Å². The monoisotopic (exact) mass is 468 g/mol. The first-order valence-corrected chi connectivity index (χ1v) is 10.5. The van der Waals surface area contributed by atoms with E-state index in [0.717, 1.165) is 19.3 Å². The number of hydrogen-bond acceptors (Lipinski definition) is 4. The van der Waals surface area contributed by atoms with Gasteiger partial charge in [0, 0.05) is 12.8 Å². The van der Waals surface area contributed by atoms with Gasteiger partial charge in [0.2, 0.25) is 0 Å². The fourth-order valence-corrected chi connectivity index (χ4v) is 2.59. The fraction of sp³-hybridized carbons (Fsp3) is 0.900. The third-order valence-corrected chi connectivity index (χ3v) is 4.50. The van der Waals surface area contributed by atoms with Crippen LogP contribution in [0.3, 0.4) is 0 Å². The molecule has 0 atom stereocenters. The Morgan fingerprint density at radius 2 is 1.10 bits per heavy atom. The zero-order chi connectivity index (χ0) is 24.0. The van der Waals surface area contributed by atoms with Crippen LogP contribution in [0.1, 0.15) is 84.0 Å². The molecule has 0 aromatic carbocycles. The number of esters is 2. The number of ether oxygens (including phenoxy) is 2. The molecule has 11 heteroatoms. The summed E-state index contributed by atoms with van der Waals surface area (Å²) < 4.78 is 96.0. The Balaban J connectivity index is 3.83. The van der Waals surface area contributed by atoms with Crippen molar-refractivity contribution < 1.29 is 49.8 Å². The number of unbranched alkanes of at least 4 members (excludes halogenated alkanes) is 8. The molecule has 31 heavy (non-hydrogen) atoms. The van der Waals surface area contributed by atoms with Crippen LogP contribution in [0, 0.1) is 0 Å². The van der Waals surface area contributed by atoms with Gasteiger partial charge in [-0.3, -0.25) is 9.59 Å². The minimum absolute atomic E-state index is 0.170. The molecule has 0 N–H and O–H groups in total. The van der Waals surface area contributed by atoms with Gasteiger partial charge in [-0.25, -0.2) is 0 Å². The summed E-state index contributed by atoms with van der Waals surface area (Å²) in [6.45, 7) is -0.0557. The number of halogens is 7. The van der Waals surface area contributed by atoms with Crippen molar-refractivity contribution in [3.8, 4) is 0 Å². The molecule has 0 amide bonds. The number of carbonyl (C=O) groups is 2. The smallest absolute Gasteiger partial charge is 0.460 e. The van der Waals surface area contributed by atoms with Crippen molar-refractivity contribution in [3.63, 3.8) is 0 Å². The van der Waals surface area contributed by atoms with E-state index in [2.05, 4.69) is 11.7 Å². The summed E-state index contributed by atoms with van der Waals surface area (Å²) in [5.74, 6) is -14.0. The average Bonchev–Trinajstić information content (AvgIpc) is 2.67. The lowest BCUT2D eigenvalue weighted by Crippen LogP contribution is -2.54. The highest BCUT2D eigenvalue weighted by molar-refractivity contribution is 5.72. The summed E-state index contributed by atoms with van der Waals surface area (Å²) in [4.78, 5) is 22.8. The maximum Gasteiger partial charge on any atom is 0.460 e. The van der Waals surface area contributed by atoms with Crippen molar-refractivity contribution in [2.75, 3.05) is 13.2 Å². The van der Waals surface area contributed by atoms with Gasteiger partial charge in [0.05, 0.1) is 6.61 Å². The highest BCUT2D eigenvalue weighted by Gasteiger charge is 2.73. The molecule has 0 aliphatic carbocycles. The normalized spacial score (nSPS) is 12.6. The summed E-state index contributed by atoms with van der Waals surface area (Å²) in [6, 6.07) is 0. The largest absolute Gasteiger partial charge is 0.466 e. The van der Waals surface area contributed by atoms with Crippen LogP contribution in [-0.4, -0.2) is 43.2 Å². The summed E-state index contributed by atoms with van der Waals surface area (Å²) in [5, 5.41) is 0. The van der Waals surface area contributed by atoms with E-state index < -0.39 is 43.0 Å². The first-order valence-electron chi connectivity index (χ1n) is 10.5. The van der Waals surface area contributed by atoms with Crippen LogP contribution in [0.2, 0.25) is 0 Å². The van der Waals surface area contributed by atoms with Gasteiger partial charge in [-0.2, -0.15) is 30.7 Å². The van der Waals surface area contributed by atoms with E-state index in [0.29, 0.717) is 6.42 Å². The molecule has 0 aliphatic heterocycles. The zero-order valence-electron chi connectivity index (χ0n) is 17.7. The van der Waals surface area contributed by atoms with Crippen LogP contribution in [0.15, 0.2) is 0 Å². The Hall–Kier alpha value is -1.55. The topological polar surface area (TPSA) is 52.6 Å². The Bertz CT molecular complexity index is 522. The lowest BCUT2D eigenvalue weighted by molar-refractivity contribution is -0.359. The first-order chi connectivity index (χ1) is 14.3. The Morgan fingerprint density at radius 3 is 1.58 bits per heavy atom. The minimum Gasteiger partial charge on any atom is -0.466 e.